The highest BCUT2D eigenvalue weighted by Crippen LogP contribution is 2.46. The van der Waals surface area contributed by atoms with E-state index in [1.807, 2.05) is 0 Å². The van der Waals surface area contributed by atoms with Crippen LogP contribution in [0.1, 0.15) is 77.1 Å². The van der Waals surface area contributed by atoms with E-state index in [1.54, 1.807) is 10.4 Å². The second-order valence-electron chi connectivity index (χ2n) is 13.2. The predicted molar refractivity (Wildman–Crippen MR) is 187 cm³/mol. The summed E-state index contributed by atoms with van der Waals surface area (Å²) in [7, 11) is -1.90. The molecule has 0 heterocycles. The van der Waals surface area contributed by atoms with Gasteiger partial charge < -0.3 is 0 Å². The smallest absolute Gasteiger partial charge is 0.0712 e. The van der Waals surface area contributed by atoms with Gasteiger partial charge in [-0.2, -0.15) is 0 Å². The molecule has 0 saturated heterocycles. The van der Waals surface area contributed by atoms with E-state index in [0.29, 0.717) is 0 Å². The van der Waals surface area contributed by atoms with Crippen LogP contribution in [0.15, 0.2) is 83.2 Å². The SMILES string of the molecule is CCCCCC[Si](C)(C1=Cc2c(cccc2-c2cc(C)ccc2C)C1)C1=Cc2c(cccc2-c2cc(C)ccc2C)C1. The molecule has 4 aromatic carbocycles. The van der Waals surface area contributed by atoms with Crippen LogP contribution in [0, 0.1) is 27.7 Å². The summed E-state index contributed by atoms with van der Waals surface area (Å²) in [6.45, 7) is 14.0. The first-order valence-electron chi connectivity index (χ1n) is 16.1. The highest BCUT2D eigenvalue weighted by Gasteiger charge is 2.39. The molecule has 214 valence electrons. The normalized spacial score (nSPS) is 14.0. The van der Waals surface area contributed by atoms with Gasteiger partial charge >= 0.3 is 0 Å². The summed E-state index contributed by atoms with van der Waals surface area (Å²) in [5.74, 6) is 0. The average molecular weight is 567 g/mol. The van der Waals surface area contributed by atoms with E-state index < -0.39 is 8.07 Å². The summed E-state index contributed by atoms with van der Waals surface area (Å²) >= 11 is 0. The quantitative estimate of drug-likeness (QED) is 0.140. The van der Waals surface area contributed by atoms with Gasteiger partial charge in [0.25, 0.3) is 0 Å². The minimum atomic E-state index is -1.90. The molecule has 42 heavy (non-hydrogen) atoms. The molecule has 0 unspecified atom stereocenters. The zero-order valence-corrected chi connectivity index (χ0v) is 27.5. The molecule has 0 N–H and O–H groups in total. The lowest BCUT2D eigenvalue weighted by molar-refractivity contribution is 0.697. The van der Waals surface area contributed by atoms with Gasteiger partial charge in [-0.15, -0.1) is 0 Å². The third-order valence-electron chi connectivity index (χ3n) is 10.1. The zero-order valence-electron chi connectivity index (χ0n) is 26.5. The molecule has 0 aliphatic heterocycles. The number of allylic oxidation sites excluding steroid dienone is 2. The van der Waals surface area contributed by atoms with Crippen molar-refractivity contribution >= 4 is 20.2 Å². The summed E-state index contributed by atoms with van der Waals surface area (Å²) in [4.78, 5) is 0. The van der Waals surface area contributed by atoms with Gasteiger partial charge in [0, 0.05) is 0 Å². The van der Waals surface area contributed by atoms with Crippen LogP contribution in [0.5, 0.6) is 0 Å². The van der Waals surface area contributed by atoms with Crippen molar-refractivity contribution in [2.24, 2.45) is 0 Å². The largest absolute Gasteiger partial charge is 0.106 e. The Kier molecular flexibility index (Phi) is 7.98. The van der Waals surface area contributed by atoms with Crippen LogP contribution in [0.25, 0.3) is 34.4 Å². The van der Waals surface area contributed by atoms with Crippen molar-refractivity contribution in [3.8, 4) is 22.3 Å². The lowest BCUT2D eigenvalue weighted by Crippen LogP contribution is -2.36. The van der Waals surface area contributed by atoms with Crippen molar-refractivity contribution in [2.45, 2.75) is 85.7 Å². The molecular formula is C41H46Si. The monoisotopic (exact) mass is 566 g/mol. The van der Waals surface area contributed by atoms with Crippen LogP contribution in [-0.4, -0.2) is 8.07 Å². The van der Waals surface area contributed by atoms with Gasteiger partial charge in [-0.3, -0.25) is 0 Å². The molecule has 0 saturated carbocycles. The summed E-state index contributed by atoms with van der Waals surface area (Å²) in [6.07, 6.45) is 12.8. The third-order valence-corrected chi connectivity index (χ3v) is 14.9. The highest BCUT2D eigenvalue weighted by atomic mass is 28.3. The molecular weight excluding hydrogens is 521 g/mol. The van der Waals surface area contributed by atoms with Crippen LogP contribution in [0.4, 0.5) is 0 Å². The van der Waals surface area contributed by atoms with E-state index in [1.165, 1.54) is 98.5 Å². The van der Waals surface area contributed by atoms with E-state index in [2.05, 4.69) is 126 Å². The summed E-state index contributed by atoms with van der Waals surface area (Å²) < 4.78 is 0. The topological polar surface area (TPSA) is 0 Å². The molecule has 0 spiro atoms. The fraction of sp³-hybridized carbons (Fsp3) is 0.317. The molecule has 0 fully saturated rings. The van der Waals surface area contributed by atoms with Crippen molar-refractivity contribution in [3.05, 3.63) is 128 Å². The molecule has 6 rings (SSSR count). The van der Waals surface area contributed by atoms with E-state index in [0.717, 1.165) is 12.8 Å². The molecule has 0 amide bonds. The summed E-state index contributed by atoms with van der Waals surface area (Å²) in [5, 5.41) is 3.47. The average Bonchev–Trinajstić information content (AvgIpc) is 3.63. The van der Waals surface area contributed by atoms with Gasteiger partial charge in [0.15, 0.2) is 0 Å². The van der Waals surface area contributed by atoms with Crippen molar-refractivity contribution in [2.75, 3.05) is 0 Å². The Balaban J connectivity index is 1.43. The minimum Gasteiger partial charge on any atom is -0.0712 e. The second kappa shape index (κ2) is 11.7. The number of rotatable bonds is 9. The third kappa shape index (κ3) is 5.29. The first-order chi connectivity index (χ1) is 20.3. The second-order valence-corrected chi connectivity index (χ2v) is 17.7. The summed E-state index contributed by atoms with van der Waals surface area (Å²) in [5.41, 5.74) is 17.0. The van der Waals surface area contributed by atoms with Crippen molar-refractivity contribution < 1.29 is 0 Å². The highest BCUT2D eigenvalue weighted by molar-refractivity contribution is 6.93. The van der Waals surface area contributed by atoms with E-state index in [9.17, 15) is 0 Å². The van der Waals surface area contributed by atoms with Crippen molar-refractivity contribution in [1.82, 2.24) is 0 Å². The molecule has 0 nitrogen and oxygen atoms in total. The zero-order chi connectivity index (χ0) is 29.4. The van der Waals surface area contributed by atoms with Gasteiger partial charge in [-0.25, -0.2) is 0 Å². The van der Waals surface area contributed by atoms with E-state index in [4.69, 9.17) is 0 Å². The number of hydrogen-bond acceptors (Lipinski definition) is 0. The maximum absolute atomic E-state index is 2.70. The number of aryl methyl sites for hydroxylation is 4. The number of unbranched alkanes of at least 4 members (excludes halogenated alkanes) is 3. The molecule has 2 aliphatic rings. The standard InChI is InChI=1S/C41H46Si/c1-7-8-9-10-21-42(6,34-24-32-13-11-15-36(40(32)26-34)38-22-28(2)17-19-30(38)4)35-25-33-14-12-16-37(41(33)27-35)39-23-29(3)18-20-31(39)5/h11-20,22-23,26-27H,7-10,21,24-25H2,1-6H3. The molecule has 2 aliphatic carbocycles. The number of benzene rings is 4. The Morgan fingerprint density at radius 1 is 0.571 bits per heavy atom. The van der Waals surface area contributed by atoms with Crippen LogP contribution >= 0.6 is 0 Å². The van der Waals surface area contributed by atoms with Crippen molar-refractivity contribution in [1.29, 1.82) is 0 Å². The molecule has 0 bridgehead atoms. The maximum Gasteiger partial charge on any atom is 0.106 e. The predicted octanol–water partition coefficient (Wildman–Crippen LogP) is 11.6. The van der Waals surface area contributed by atoms with Crippen LogP contribution in [0.2, 0.25) is 12.6 Å². The first kappa shape index (κ1) is 28.7. The van der Waals surface area contributed by atoms with Gasteiger partial charge in [-0.1, -0.05) is 152 Å². The Bertz CT molecular complexity index is 1590. The van der Waals surface area contributed by atoms with Crippen LogP contribution < -0.4 is 0 Å². The van der Waals surface area contributed by atoms with Gasteiger partial charge in [0.2, 0.25) is 0 Å². The van der Waals surface area contributed by atoms with Crippen molar-refractivity contribution in [3.63, 3.8) is 0 Å². The Hall–Kier alpha value is -3.42. The molecule has 0 atom stereocenters. The molecule has 4 aromatic rings. The number of fused-ring (bicyclic) bond motifs is 2. The molecule has 1 heteroatoms. The van der Waals surface area contributed by atoms with E-state index in [-0.39, 0.29) is 0 Å². The van der Waals surface area contributed by atoms with E-state index >= 15 is 0 Å². The number of hydrogen-bond donors (Lipinski definition) is 0. The van der Waals surface area contributed by atoms with Gasteiger partial charge in [0.05, 0.1) is 0 Å². The fourth-order valence-corrected chi connectivity index (χ4v) is 11.5. The lowest BCUT2D eigenvalue weighted by atomic mass is 9.93. The first-order valence-corrected chi connectivity index (χ1v) is 18.8. The Labute approximate surface area is 255 Å². The Morgan fingerprint density at radius 2 is 1.07 bits per heavy atom. The van der Waals surface area contributed by atoms with Gasteiger partial charge in [-0.05, 0) is 96.2 Å². The van der Waals surface area contributed by atoms with Crippen LogP contribution in [0.3, 0.4) is 0 Å². The maximum atomic E-state index is 2.70. The molecule has 0 aromatic heterocycles. The lowest BCUT2D eigenvalue weighted by Gasteiger charge is -2.31. The Morgan fingerprint density at radius 3 is 1.55 bits per heavy atom. The minimum absolute atomic E-state index is 1.11. The van der Waals surface area contributed by atoms with Crippen LogP contribution in [-0.2, 0) is 12.8 Å². The molecule has 0 radical (unpaired) electrons. The summed E-state index contributed by atoms with van der Waals surface area (Å²) in [6, 6.07) is 29.2. The fourth-order valence-electron chi connectivity index (χ4n) is 7.40. The van der Waals surface area contributed by atoms with Gasteiger partial charge in [0.1, 0.15) is 8.07 Å².